The first-order chi connectivity index (χ1) is 11.9. The van der Waals surface area contributed by atoms with E-state index in [4.69, 9.17) is 0 Å². The number of anilines is 3. The van der Waals surface area contributed by atoms with E-state index in [9.17, 15) is 17.6 Å². The van der Waals surface area contributed by atoms with Gasteiger partial charge in [0.15, 0.2) is 5.69 Å². The first-order valence-corrected chi connectivity index (χ1v) is 8.16. The Balaban J connectivity index is 1.88. The van der Waals surface area contributed by atoms with E-state index in [0.717, 1.165) is 38.2 Å². The fourth-order valence-electron chi connectivity index (χ4n) is 2.85. The highest BCUT2D eigenvalue weighted by molar-refractivity contribution is 5.58. The topological polar surface area (TPSA) is 49.8 Å². The van der Waals surface area contributed by atoms with Crippen molar-refractivity contribution < 1.29 is 17.6 Å². The van der Waals surface area contributed by atoms with E-state index < -0.39 is 17.7 Å². The van der Waals surface area contributed by atoms with Crippen LogP contribution in [0.15, 0.2) is 30.3 Å². The Morgan fingerprint density at radius 3 is 2.40 bits per heavy atom. The smallest absolute Gasteiger partial charge is 0.351 e. The van der Waals surface area contributed by atoms with Crippen molar-refractivity contribution in [1.29, 1.82) is 0 Å². The highest BCUT2D eigenvalue weighted by Crippen LogP contribution is 2.31. The normalized spacial score (nSPS) is 15.8. The first-order valence-electron chi connectivity index (χ1n) is 8.16. The van der Waals surface area contributed by atoms with Gasteiger partial charge in [0.05, 0.1) is 5.69 Å². The van der Waals surface area contributed by atoms with E-state index in [2.05, 4.69) is 20.6 Å². The Hall–Kier alpha value is -2.38. The summed E-state index contributed by atoms with van der Waals surface area (Å²) in [6.45, 7) is 0. The maximum Gasteiger partial charge on any atom is 0.433 e. The van der Waals surface area contributed by atoms with E-state index in [1.165, 1.54) is 18.2 Å². The number of halogens is 4. The van der Waals surface area contributed by atoms with Crippen LogP contribution in [0.25, 0.3) is 0 Å². The zero-order chi connectivity index (χ0) is 17.9. The van der Waals surface area contributed by atoms with Gasteiger partial charge in [0.2, 0.25) is 5.95 Å². The molecule has 0 unspecified atom stereocenters. The highest BCUT2D eigenvalue weighted by atomic mass is 19.4. The van der Waals surface area contributed by atoms with Crippen LogP contribution in [-0.2, 0) is 6.18 Å². The summed E-state index contributed by atoms with van der Waals surface area (Å²) in [4.78, 5) is 7.66. The summed E-state index contributed by atoms with van der Waals surface area (Å²) >= 11 is 0. The Labute approximate surface area is 142 Å². The van der Waals surface area contributed by atoms with Crippen LogP contribution in [0.3, 0.4) is 0 Å². The minimum Gasteiger partial charge on any atom is -0.351 e. The molecule has 3 rings (SSSR count). The maximum atomic E-state index is 13.7. The van der Waals surface area contributed by atoms with Crippen molar-refractivity contribution in [3.63, 3.8) is 0 Å². The molecule has 25 heavy (non-hydrogen) atoms. The molecule has 0 atom stereocenters. The van der Waals surface area contributed by atoms with Crippen molar-refractivity contribution in [2.45, 2.75) is 44.3 Å². The number of benzene rings is 1. The van der Waals surface area contributed by atoms with Crippen molar-refractivity contribution in [1.82, 2.24) is 9.97 Å². The van der Waals surface area contributed by atoms with Crippen LogP contribution in [0, 0.1) is 5.82 Å². The van der Waals surface area contributed by atoms with Gasteiger partial charge in [-0.3, -0.25) is 0 Å². The summed E-state index contributed by atoms with van der Waals surface area (Å²) in [6.07, 6.45) is 0.304. The second-order valence-electron chi connectivity index (χ2n) is 6.04. The van der Waals surface area contributed by atoms with Crippen LogP contribution in [0.5, 0.6) is 0 Å². The van der Waals surface area contributed by atoms with E-state index in [0.29, 0.717) is 0 Å². The molecule has 2 N–H and O–H groups in total. The molecular weight excluding hydrogens is 336 g/mol. The summed E-state index contributed by atoms with van der Waals surface area (Å²) in [6, 6.07) is 6.56. The number of hydrogen-bond acceptors (Lipinski definition) is 4. The summed E-state index contributed by atoms with van der Waals surface area (Å²) in [5.41, 5.74) is -1.02. The quantitative estimate of drug-likeness (QED) is 0.748. The van der Waals surface area contributed by atoms with Crippen LogP contribution >= 0.6 is 0 Å². The average molecular weight is 354 g/mol. The van der Waals surface area contributed by atoms with Crippen molar-refractivity contribution in [3.05, 3.63) is 41.8 Å². The molecule has 1 fully saturated rings. The van der Waals surface area contributed by atoms with Gasteiger partial charge < -0.3 is 10.6 Å². The van der Waals surface area contributed by atoms with Gasteiger partial charge in [-0.15, -0.1) is 0 Å². The molecule has 0 aliphatic heterocycles. The molecule has 0 saturated heterocycles. The Kier molecular flexibility index (Phi) is 5.06. The molecular formula is C17H18F4N4. The summed E-state index contributed by atoms with van der Waals surface area (Å²) in [7, 11) is 0. The number of nitrogens with zero attached hydrogens (tertiary/aromatic N) is 2. The zero-order valence-corrected chi connectivity index (χ0v) is 13.4. The predicted octanol–water partition coefficient (Wildman–Crippen LogP) is 5.12. The molecule has 1 aliphatic carbocycles. The second kappa shape index (κ2) is 7.25. The average Bonchev–Trinajstić information content (AvgIpc) is 2.57. The monoisotopic (exact) mass is 354 g/mol. The second-order valence-corrected chi connectivity index (χ2v) is 6.04. The molecule has 1 saturated carbocycles. The minimum absolute atomic E-state index is 0.0536. The number of rotatable bonds is 4. The number of nitrogens with one attached hydrogen (secondary N) is 2. The minimum atomic E-state index is -4.61. The lowest BCUT2D eigenvalue weighted by atomic mass is 9.96. The van der Waals surface area contributed by atoms with E-state index in [1.807, 2.05) is 0 Å². The van der Waals surface area contributed by atoms with Crippen LogP contribution in [0.2, 0.25) is 0 Å². The lowest BCUT2D eigenvalue weighted by Gasteiger charge is -2.23. The van der Waals surface area contributed by atoms with E-state index in [-0.39, 0.29) is 23.5 Å². The lowest BCUT2D eigenvalue weighted by molar-refractivity contribution is -0.141. The van der Waals surface area contributed by atoms with Gasteiger partial charge in [0.25, 0.3) is 0 Å². The molecule has 0 bridgehead atoms. The Morgan fingerprint density at radius 2 is 1.72 bits per heavy atom. The summed E-state index contributed by atoms with van der Waals surface area (Å²) in [5.74, 6) is -0.775. The molecule has 0 radical (unpaired) electrons. The molecule has 2 aromatic rings. The van der Waals surface area contributed by atoms with Gasteiger partial charge in [-0.2, -0.15) is 18.2 Å². The van der Waals surface area contributed by atoms with Crippen molar-refractivity contribution in [2.75, 3.05) is 10.6 Å². The maximum absolute atomic E-state index is 13.7. The molecule has 0 amide bonds. The van der Waals surface area contributed by atoms with Gasteiger partial charge in [0.1, 0.15) is 11.6 Å². The Bertz CT molecular complexity index is 727. The number of hydrogen-bond donors (Lipinski definition) is 2. The SMILES string of the molecule is Fc1ccccc1Nc1cc(C(F)(F)F)nc(NC2CCCCC2)n1. The van der Waals surface area contributed by atoms with Gasteiger partial charge in [0, 0.05) is 12.1 Å². The van der Waals surface area contributed by atoms with Gasteiger partial charge in [-0.1, -0.05) is 31.4 Å². The summed E-state index contributed by atoms with van der Waals surface area (Å²) < 4.78 is 53.1. The number of para-hydroxylation sites is 1. The third-order valence-corrected chi connectivity index (χ3v) is 4.09. The van der Waals surface area contributed by atoms with E-state index >= 15 is 0 Å². The largest absolute Gasteiger partial charge is 0.433 e. The van der Waals surface area contributed by atoms with Crippen LogP contribution < -0.4 is 10.6 Å². The van der Waals surface area contributed by atoms with Crippen LogP contribution in [0.1, 0.15) is 37.8 Å². The number of aromatic nitrogens is 2. The third-order valence-electron chi connectivity index (χ3n) is 4.09. The van der Waals surface area contributed by atoms with Crippen molar-refractivity contribution >= 4 is 17.5 Å². The predicted molar refractivity (Wildman–Crippen MR) is 87.2 cm³/mol. The molecule has 0 spiro atoms. The van der Waals surface area contributed by atoms with Crippen LogP contribution in [-0.4, -0.2) is 16.0 Å². The molecule has 134 valence electrons. The molecule has 1 aliphatic rings. The number of alkyl halides is 3. The lowest BCUT2D eigenvalue weighted by Crippen LogP contribution is -2.24. The summed E-state index contributed by atoms with van der Waals surface area (Å²) in [5, 5.41) is 5.57. The first kappa shape index (κ1) is 17.4. The van der Waals surface area contributed by atoms with Gasteiger partial charge in [-0.25, -0.2) is 9.37 Å². The van der Waals surface area contributed by atoms with Gasteiger partial charge >= 0.3 is 6.18 Å². The molecule has 1 aromatic heterocycles. The third kappa shape index (κ3) is 4.58. The Morgan fingerprint density at radius 1 is 1.00 bits per heavy atom. The van der Waals surface area contributed by atoms with Crippen LogP contribution in [0.4, 0.5) is 35.0 Å². The zero-order valence-electron chi connectivity index (χ0n) is 13.4. The molecule has 1 aromatic carbocycles. The standard InChI is InChI=1S/C17H18F4N4/c18-12-8-4-5-9-13(12)23-15-10-14(17(19,20)21)24-16(25-15)22-11-6-2-1-3-7-11/h4-5,8-11H,1-3,6-7H2,(H2,22,23,24,25). The van der Waals surface area contributed by atoms with Crippen molar-refractivity contribution in [3.8, 4) is 0 Å². The molecule has 8 heteroatoms. The highest BCUT2D eigenvalue weighted by Gasteiger charge is 2.34. The molecule has 4 nitrogen and oxygen atoms in total. The fourth-order valence-corrected chi connectivity index (χ4v) is 2.85. The van der Waals surface area contributed by atoms with Gasteiger partial charge in [-0.05, 0) is 25.0 Å². The van der Waals surface area contributed by atoms with Crippen molar-refractivity contribution in [2.24, 2.45) is 0 Å². The van der Waals surface area contributed by atoms with E-state index in [1.54, 1.807) is 6.07 Å². The molecule has 1 heterocycles. The fraction of sp³-hybridized carbons (Fsp3) is 0.412.